The van der Waals surface area contributed by atoms with E-state index in [1.54, 1.807) is 0 Å². The summed E-state index contributed by atoms with van der Waals surface area (Å²) in [6.45, 7) is 22.9. The molecule has 9 aromatic carbocycles. The van der Waals surface area contributed by atoms with Crippen LogP contribution in [0, 0.1) is 6.07 Å². The first-order valence-corrected chi connectivity index (χ1v) is 32.6. The standard InChI is InChI=1S/C84H81N4.Ir/c1-11-13-15-17-25-53-45-54(26-18-16-14-12-2)47-59(46-53)67-51-76(85-77-52-73-68(50-69(67)77)64-29-19-22-30-70(64)83(73,9)10)57-37-43-65-66-44-38-58(49-75(66)84(74(65)48-57)71-31-23-20-27-62(71)63-28-21-24-32-72(63)84)80-87-78(55-33-39-60(40-34-55)81(3,4)5)86-79(88-80)56-35-41-61(42-36-56)82(6,7)8;/h19-24,27-36,38-52H,11-18,25-26H2,1-10H3;/q-1;. The Morgan fingerprint density at radius 3 is 1.40 bits per heavy atom. The SMILES string of the molecule is CCCCCCc1cc(CCCCCC)cc(-c2cc(-c3[c-]cc4c(c3)C3(c5ccccc5-c5ccccc53)c3cc(-c5nc(-c6ccc(C(C)(C)C)cc6)nc(-c6ccc(C(C)(C)C)cc6)n5)ccc3-4)nc3cc4c(cc23)-c2ccccc2C4(C)C)c1.[Ir]. The molecule has 1 radical (unpaired) electrons. The monoisotopic (exact) mass is 1340 g/mol. The van der Waals surface area contributed by atoms with Crippen molar-refractivity contribution < 1.29 is 20.1 Å². The zero-order valence-corrected chi connectivity index (χ0v) is 56.0. The second kappa shape index (κ2) is 23.5. The molecule has 0 saturated heterocycles. The van der Waals surface area contributed by atoms with E-state index < -0.39 is 5.41 Å². The van der Waals surface area contributed by atoms with Crippen LogP contribution in [-0.4, -0.2) is 19.9 Å². The number of pyridine rings is 1. The van der Waals surface area contributed by atoms with Crippen LogP contribution in [0.25, 0.3) is 101 Å². The van der Waals surface area contributed by atoms with E-state index in [1.807, 2.05) is 0 Å². The fourth-order valence-corrected chi connectivity index (χ4v) is 14.9. The van der Waals surface area contributed by atoms with Gasteiger partial charge < -0.3 is 0 Å². The van der Waals surface area contributed by atoms with Crippen LogP contribution in [0.2, 0.25) is 0 Å². The van der Waals surface area contributed by atoms with Gasteiger partial charge in [-0.05, 0) is 144 Å². The third-order valence-electron chi connectivity index (χ3n) is 19.7. The Morgan fingerprint density at radius 2 is 0.865 bits per heavy atom. The van der Waals surface area contributed by atoms with Gasteiger partial charge in [-0.2, -0.15) is 0 Å². The molecule has 2 heterocycles. The van der Waals surface area contributed by atoms with E-state index in [9.17, 15) is 0 Å². The third-order valence-corrected chi connectivity index (χ3v) is 19.7. The van der Waals surface area contributed by atoms with Crippen molar-refractivity contribution in [2.24, 2.45) is 0 Å². The number of hydrogen-bond acceptors (Lipinski definition) is 4. The smallest absolute Gasteiger partial charge is 0.164 e. The van der Waals surface area contributed by atoms with Gasteiger partial charge >= 0.3 is 0 Å². The Labute approximate surface area is 542 Å². The first-order valence-electron chi connectivity index (χ1n) is 32.6. The average molecular weight is 1340 g/mol. The molecule has 0 saturated carbocycles. The zero-order chi connectivity index (χ0) is 60.7. The molecule has 14 rings (SSSR count). The van der Waals surface area contributed by atoms with E-state index in [1.165, 1.54) is 157 Å². The summed E-state index contributed by atoms with van der Waals surface area (Å²) in [5, 5.41) is 1.19. The van der Waals surface area contributed by atoms with E-state index in [0.29, 0.717) is 17.5 Å². The first-order chi connectivity index (χ1) is 42.5. The van der Waals surface area contributed by atoms with Gasteiger partial charge in [0.25, 0.3) is 0 Å². The van der Waals surface area contributed by atoms with E-state index in [-0.39, 0.29) is 36.4 Å². The second-order valence-corrected chi connectivity index (χ2v) is 28.0. The molecule has 0 N–H and O–H groups in total. The Kier molecular flexibility index (Phi) is 15.8. The van der Waals surface area contributed by atoms with Crippen molar-refractivity contribution in [3.8, 4) is 89.9 Å². The van der Waals surface area contributed by atoms with Crippen molar-refractivity contribution in [3.63, 3.8) is 0 Å². The molecule has 0 amide bonds. The van der Waals surface area contributed by atoms with E-state index in [2.05, 4.69) is 263 Å². The maximum atomic E-state index is 5.80. The van der Waals surface area contributed by atoms with Crippen LogP contribution in [0.5, 0.6) is 0 Å². The van der Waals surface area contributed by atoms with Crippen molar-refractivity contribution in [2.75, 3.05) is 0 Å². The van der Waals surface area contributed by atoms with E-state index in [0.717, 1.165) is 46.3 Å². The summed E-state index contributed by atoms with van der Waals surface area (Å²) < 4.78 is 0. The Bertz CT molecular complexity index is 4360. The van der Waals surface area contributed by atoms with Crippen LogP contribution >= 0.6 is 0 Å². The number of hydrogen-bond donors (Lipinski definition) is 0. The van der Waals surface area contributed by atoms with Crippen molar-refractivity contribution in [2.45, 2.75) is 155 Å². The summed E-state index contributed by atoms with van der Waals surface area (Å²) in [5.74, 6) is 1.94. The molecule has 11 aromatic rings. The quantitative estimate of drug-likeness (QED) is 0.0758. The van der Waals surface area contributed by atoms with E-state index >= 15 is 0 Å². The van der Waals surface area contributed by atoms with Gasteiger partial charge in [0.05, 0.1) is 10.9 Å². The van der Waals surface area contributed by atoms with Crippen molar-refractivity contribution in [3.05, 3.63) is 250 Å². The maximum absolute atomic E-state index is 5.80. The summed E-state index contributed by atoms with van der Waals surface area (Å²) in [5.41, 5.74) is 28.1. The predicted molar refractivity (Wildman–Crippen MR) is 368 cm³/mol. The molecule has 3 aliphatic carbocycles. The van der Waals surface area contributed by atoms with Crippen LogP contribution in [-0.2, 0) is 54.6 Å². The molecule has 0 unspecified atom stereocenters. The van der Waals surface area contributed by atoms with Crippen LogP contribution < -0.4 is 0 Å². The van der Waals surface area contributed by atoms with Gasteiger partial charge in [-0.3, -0.25) is 4.98 Å². The third kappa shape index (κ3) is 10.5. The van der Waals surface area contributed by atoms with Gasteiger partial charge in [-0.1, -0.05) is 277 Å². The van der Waals surface area contributed by atoms with Crippen LogP contribution in [0.3, 0.4) is 0 Å². The Hall–Kier alpha value is -7.95. The summed E-state index contributed by atoms with van der Waals surface area (Å²) in [4.78, 5) is 21.8. The summed E-state index contributed by atoms with van der Waals surface area (Å²) in [6.07, 6.45) is 12.1. The molecule has 5 heteroatoms. The fourth-order valence-electron chi connectivity index (χ4n) is 14.9. The van der Waals surface area contributed by atoms with E-state index in [4.69, 9.17) is 19.9 Å². The zero-order valence-electron chi connectivity index (χ0n) is 53.6. The molecular weight excluding hydrogens is 1260 g/mol. The summed E-state index contributed by atoms with van der Waals surface area (Å²) in [7, 11) is 0. The number of benzene rings is 9. The van der Waals surface area contributed by atoms with Crippen LogP contribution in [0.4, 0.5) is 0 Å². The number of unbranched alkanes of at least 4 members (excludes halogenated alkanes) is 6. The summed E-state index contributed by atoms with van der Waals surface area (Å²) >= 11 is 0. The van der Waals surface area contributed by atoms with Crippen LogP contribution in [0.15, 0.2) is 188 Å². The molecule has 0 aliphatic heterocycles. The molecule has 2 aromatic heterocycles. The first kappa shape index (κ1) is 60.0. The fraction of sp³-hybridized carbons (Fsp3) is 0.286. The second-order valence-electron chi connectivity index (χ2n) is 28.0. The molecule has 3 aliphatic rings. The Balaban J connectivity index is 0.00000729. The molecule has 447 valence electrons. The van der Waals surface area contributed by atoms with Crippen LogP contribution in [0.1, 0.15) is 176 Å². The molecule has 89 heavy (non-hydrogen) atoms. The molecular formula is C84H81IrN4-. The van der Waals surface area contributed by atoms with Gasteiger partial charge in [-0.15, -0.1) is 29.3 Å². The maximum Gasteiger partial charge on any atom is 0.164 e. The van der Waals surface area contributed by atoms with Gasteiger partial charge in [-0.25, -0.2) is 15.0 Å². The number of aromatic nitrogens is 4. The van der Waals surface area contributed by atoms with Crippen molar-refractivity contribution in [1.29, 1.82) is 0 Å². The average Bonchev–Trinajstić information content (AvgIpc) is 1.53. The molecule has 0 fully saturated rings. The van der Waals surface area contributed by atoms with Gasteiger partial charge in [0.1, 0.15) is 0 Å². The number of fused-ring (bicyclic) bond motifs is 14. The van der Waals surface area contributed by atoms with Gasteiger partial charge in [0.15, 0.2) is 17.5 Å². The minimum absolute atomic E-state index is 0. The number of rotatable bonds is 15. The molecule has 0 atom stereocenters. The number of nitrogens with zero attached hydrogens (tertiary/aromatic N) is 4. The van der Waals surface area contributed by atoms with Gasteiger partial charge in [0.2, 0.25) is 0 Å². The number of aryl methyl sites for hydroxylation is 2. The molecule has 4 nitrogen and oxygen atoms in total. The van der Waals surface area contributed by atoms with Gasteiger partial charge in [0, 0.05) is 47.6 Å². The van der Waals surface area contributed by atoms with Crippen molar-refractivity contribution in [1.82, 2.24) is 19.9 Å². The normalized spacial score (nSPS) is 13.8. The predicted octanol–water partition coefficient (Wildman–Crippen LogP) is 22.0. The largest absolute Gasteiger partial charge is 0.296 e. The molecule has 0 bridgehead atoms. The topological polar surface area (TPSA) is 51.6 Å². The minimum Gasteiger partial charge on any atom is -0.296 e. The minimum atomic E-state index is -0.670. The molecule has 1 spiro atoms. The Morgan fingerprint density at radius 1 is 0.382 bits per heavy atom. The summed E-state index contributed by atoms with van der Waals surface area (Å²) in [6, 6.07) is 75.1. The van der Waals surface area contributed by atoms with Crippen molar-refractivity contribution >= 4 is 10.9 Å².